The van der Waals surface area contributed by atoms with E-state index in [4.69, 9.17) is 32.7 Å². The summed E-state index contributed by atoms with van der Waals surface area (Å²) in [6, 6.07) is 11.5. The van der Waals surface area contributed by atoms with Crippen molar-refractivity contribution < 1.29 is 23.5 Å². The lowest BCUT2D eigenvalue weighted by molar-refractivity contribution is -0.111. The minimum atomic E-state index is -1.13. The SMILES string of the molecule is O=C(/C=C/c1ccc(-c2ccc(F)c(Cl)c2)o1)Nc1cc(C(=O)O)ccc1Cl. The van der Waals surface area contributed by atoms with E-state index in [-0.39, 0.29) is 21.3 Å². The van der Waals surface area contributed by atoms with E-state index >= 15 is 0 Å². The largest absolute Gasteiger partial charge is 0.478 e. The molecule has 0 unspecified atom stereocenters. The van der Waals surface area contributed by atoms with Gasteiger partial charge in [0.15, 0.2) is 0 Å². The number of amides is 1. The van der Waals surface area contributed by atoms with Gasteiger partial charge in [-0.3, -0.25) is 4.79 Å². The van der Waals surface area contributed by atoms with Crippen molar-refractivity contribution >= 4 is 46.8 Å². The van der Waals surface area contributed by atoms with Crippen molar-refractivity contribution in [2.45, 2.75) is 0 Å². The summed E-state index contributed by atoms with van der Waals surface area (Å²) < 4.78 is 18.8. The Labute approximate surface area is 169 Å². The number of carboxylic acid groups (broad SMARTS) is 1. The predicted octanol–water partition coefficient (Wildman–Crippen LogP) is 5.74. The molecule has 0 fully saturated rings. The average molecular weight is 420 g/mol. The first-order valence-corrected chi connectivity index (χ1v) is 8.66. The second kappa shape index (κ2) is 8.29. The predicted molar refractivity (Wildman–Crippen MR) is 105 cm³/mol. The Balaban J connectivity index is 1.71. The molecule has 2 N–H and O–H groups in total. The first kappa shape index (κ1) is 19.7. The van der Waals surface area contributed by atoms with Crippen molar-refractivity contribution in [2.24, 2.45) is 0 Å². The Morgan fingerprint density at radius 1 is 1.04 bits per heavy atom. The molecule has 1 amide bonds. The Hall–Kier alpha value is -3.09. The normalized spacial score (nSPS) is 11.0. The Morgan fingerprint density at radius 3 is 2.54 bits per heavy atom. The van der Waals surface area contributed by atoms with Crippen LogP contribution in [-0.2, 0) is 4.79 Å². The van der Waals surface area contributed by atoms with Crippen molar-refractivity contribution in [1.82, 2.24) is 0 Å². The van der Waals surface area contributed by atoms with Gasteiger partial charge in [0, 0.05) is 11.6 Å². The summed E-state index contributed by atoms with van der Waals surface area (Å²) in [5, 5.41) is 11.7. The molecule has 142 valence electrons. The van der Waals surface area contributed by atoms with E-state index in [1.807, 2.05) is 0 Å². The minimum absolute atomic E-state index is 0.00249. The van der Waals surface area contributed by atoms with E-state index in [1.54, 1.807) is 12.1 Å². The number of aromatic carboxylic acids is 1. The van der Waals surface area contributed by atoms with Gasteiger partial charge >= 0.3 is 5.97 Å². The molecule has 1 aromatic heterocycles. The number of nitrogens with one attached hydrogen (secondary N) is 1. The summed E-state index contributed by atoms with van der Waals surface area (Å²) in [4.78, 5) is 23.1. The van der Waals surface area contributed by atoms with Crippen LogP contribution in [0.1, 0.15) is 16.1 Å². The van der Waals surface area contributed by atoms with Gasteiger partial charge in [-0.2, -0.15) is 0 Å². The van der Waals surface area contributed by atoms with Crippen LogP contribution in [0.15, 0.2) is 59.0 Å². The average Bonchev–Trinajstić information content (AvgIpc) is 3.13. The summed E-state index contributed by atoms with van der Waals surface area (Å²) >= 11 is 11.7. The van der Waals surface area contributed by atoms with Gasteiger partial charge in [0.1, 0.15) is 17.3 Å². The van der Waals surface area contributed by atoms with Crippen LogP contribution in [0.25, 0.3) is 17.4 Å². The van der Waals surface area contributed by atoms with Gasteiger partial charge in [-0.25, -0.2) is 9.18 Å². The van der Waals surface area contributed by atoms with Crippen molar-refractivity contribution in [3.05, 3.63) is 81.8 Å². The number of halogens is 3. The number of benzene rings is 2. The van der Waals surface area contributed by atoms with E-state index in [0.29, 0.717) is 17.1 Å². The molecule has 0 atom stereocenters. The number of anilines is 1. The zero-order chi connectivity index (χ0) is 20.3. The lowest BCUT2D eigenvalue weighted by Gasteiger charge is -2.05. The molecule has 5 nitrogen and oxygen atoms in total. The third-order valence-corrected chi connectivity index (χ3v) is 4.32. The molecule has 0 spiro atoms. The summed E-state index contributed by atoms with van der Waals surface area (Å²) in [5.74, 6) is -1.34. The second-order valence-corrected chi connectivity index (χ2v) is 6.47. The number of rotatable bonds is 5. The van der Waals surface area contributed by atoms with Crippen LogP contribution in [-0.4, -0.2) is 17.0 Å². The van der Waals surface area contributed by atoms with E-state index in [1.165, 1.54) is 48.6 Å². The van der Waals surface area contributed by atoms with Crippen molar-refractivity contribution in [2.75, 3.05) is 5.32 Å². The fourth-order valence-electron chi connectivity index (χ4n) is 2.33. The van der Waals surface area contributed by atoms with Crippen molar-refractivity contribution in [3.63, 3.8) is 0 Å². The third kappa shape index (κ3) is 4.60. The number of carbonyl (C=O) groups is 2. The van der Waals surface area contributed by atoms with Gasteiger partial charge in [-0.1, -0.05) is 23.2 Å². The second-order valence-electron chi connectivity index (χ2n) is 5.65. The molecule has 0 radical (unpaired) electrons. The molecule has 1 heterocycles. The lowest BCUT2D eigenvalue weighted by atomic mass is 10.2. The van der Waals surface area contributed by atoms with Crippen LogP contribution >= 0.6 is 23.2 Å². The molecule has 0 saturated carbocycles. The van der Waals surface area contributed by atoms with Crippen LogP contribution in [0.4, 0.5) is 10.1 Å². The molecule has 0 aliphatic heterocycles. The van der Waals surface area contributed by atoms with Crippen LogP contribution in [0.2, 0.25) is 10.0 Å². The van der Waals surface area contributed by atoms with Gasteiger partial charge in [0.05, 0.1) is 21.3 Å². The van der Waals surface area contributed by atoms with Crippen LogP contribution in [0.5, 0.6) is 0 Å². The Bertz CT molecular complexity index is 1090. The maximum Gasteiger partial charge on any atom is 0.335 e. The number of hydrogen-bond acceptors (Lipinski definition) is 3. The maximum atomic E-state index is 13.2. The monoisotopic (exact) mass is 419 g/mol. The summed E-state index contributed by atoms with van der Waals surface area (Å²) in [5.41, 5.74) is 0.766. The van der Waals surface area contributed by atoms with Gasteiger partial charge in [-0.05, 0) is 54.6 Å². The highest BCUT2D eigenvalue weighted by atomic mass is 35.5. The molecule has 3 rings (SSSR count). The first-order valence-electron chi connectivity index (χ1n) is 7.90. The Kier molecular flexibility index (Phi) is 5.82. The van der Waals surface area contributed by atoms with Gasteiger partial charge in [0.2, 0.25) is 5.91 Å². The van der Waals surface area contributed by atoms with Crippen LogP contribution in [0, 0.1) is 5.82 Å². The van der Waals surface area contributed by atoms with Gasteiger partial charge in [0.25, 0.3) is 0 Å². The summed E-state index contributed by atoms with van der Waals surface area (Å²) in [6.45, 7) is 0. The smallest absolute Gasteiger partial charge is 0.335 e. The quantitative estimate of drug-likeness (QED) is 0.516. The molecule has 0 aliphatic rings. The number of hydrogen-bond donors (Lipinski definition) is 2. The minimum Gasteiger partial charge on any atom is -0.478 e. The highest BCUT2D eigenvalue weighted by Gasteiger charge is 2.10. The molecule has 0 aliphatic carbocycles. The third-order valence-electron chi connectivity index (χ3n) is 3.70. The van der Waals surface area contributed by atoms with E-state index in [0.717, 1.165) is 0 Å². The molecule has 0 bridgehead atoms. The molecular weight excluding hydrogens is 408 g/mol. The van der Waals surface area contributed by atoms with Crippen LogP contribution < -0.4 is 5.32 Å². The molecule has 8 heteroatoms. The van der Waals surface area contributed by atoms with E-state index < -0.39 is 17.7 Å². The van der Waals surface area contributed by atoms with E-state index in [9.17, 15) is 14.0 Å². The van der Waals surface area contributed by atoms with Crippen molar-refractivity contribution in [3.8, 4) is 11.3 Å². The highest BCUT2D eigenvalue weighted by Crippen LogP contribution is 2.27. The molecule has 2 aromatic carbocycles. The van der Waals surface area contributed by atoms with E-state index in [2.05, 4.69) is 5.32 Å². The van der Waals surface area contributed by atoms with Crippen LogP contribution in [0.3, 0.4) is 0 Å². The first-order chi connectivity index (χ1) is 13.3. The number of furan rings is 1. The molecule has 3 aromatic rings. The lowest BCUT2D eigenvalue weighted by Crippen LogP contribution is -2.09. The zero-order valence-corrected chi connectivity index (χ0v) is 15.6. The maximum absolute atomic E-state index is 13.2. The number of carboxylic acids is 1. The summed E-state index contributed by atoms with van der Waals surface area (Å²) in [7, 11) is 0. The zero-order valence-electron chi connectivity index (χ0n) is 14.1. The summed E-state index contributed by atoms with van der Waals surface area (Å²) in [6.07, 6.45) is 2.64. The number of carbonyl (C=O) groups excluding carboxylic acids is 1. The highest BCUT2D eigenvalue weighted by molar-refractivity contribution is 6.34. The van der Waals surface area contributed by atoms with Crippen molar-refractivity contribution in [1.29, 1.82) is 0 Å². The fraction of sp³-hybridized carbons (Fsp3) is 0. The topological polar surface area (TPSA) is 79.5 Å². The molecule has 0 saturated heterocycles. The standard InChI is InChI=1S/C20H12Cl2FNO4/c21-14-5-1-12(20(26)27)10-17(14)24-19(25)8-4-13-3-7-18(28-13)11-2-6-16(23)15(22)9-11/h1-10H,(H,24,25)(H,26,27)/b8-4+. The Morgan fingerprint density at radius 2 is 1.82 bits per heavy atom. The van der Waals surface area contributed by atoms with Gasteiger partial charge < -0.3 is 14.8 Å². The molecular formula is C20H12Cl2FNO4. The fourth-order valence-corrected chi connectivity index (χ4v) is 2.68. The molecule has 28 heavy (non-hydrogen) atoms. The van der Waals surface area contributed by atoms with Gasteiger partial charge in [-0.15, -0.1) is 0 Å².